The number of nitrogens with zero attached hydrogens (tertiary/aromatic N) is 5. The molecule has 3 heterocycles. The van der Waals surface area contributed by atoms with E-state index < -0.39 is 0 Å². The number of fused-ring (bicyclic) bond motifs is 2. The van der Waals surface area contributed by atoms with Gasteiger partial charge in [0.1, 0.15) is 5.82 Å². The van der Waals surface area contributed by atoms with Crippen LogP contribution in [-0.4, -0.2) is 37.7 Å². The van der Waals surface area contributed by atoms with Crippen molar-refractivity contribution in [2.45, 2.75) is 12.3 Å². The van der Waals surface area contributed by atoms with Crippen molar-refractivity contribution in [1.29, 1.82) is 0 Å². The van der Waals surface area contributed by atoms with Crippen LogP contribution in [0, 0.1) is 0 Å². The zero-order valence-electron chi connectivity index (χ0n) is 11.6. The lowest BCUT2D eigenvalue weighted by Gasteiger charge is -2.10. The van der Waals surface area contributed by atoms with Crippen LogP contribution >= 0.6 is 0 Å². The van der Waals surface area contributed by atoms with Crippen molar-refractivity contribution in [2.75, 3.05) is 17.2 Å². The highest BCUT2D eigenvalue weighted by Crippen LogP contribution is 2.34. The number of aromatic nitrogens is 5. The molecule has 22 heavy (non-hydrogen) atoms. The maximum Gasteiger partial charge on any atom is 0.232 e. The van der Waals surface area contributed by atoms with Gasteiger partial charge in [0, 0.05) is 12.2 Å². The molecule has 0 aliphatic carbocycles. The van der Waals surface area contributed by atoms with Gasteiger partial charge in [-0.25, -0.2) is 0 Å². The molecule has 1 amide bonds. The Labute approximate surface area is 125 Å². The Morgan fingerprint density at radius 3 is 3.09 bits per heavy atom. The fraction of sp³-hybridized carbons (Fsp3) is 0.214. The molecule has 2 N–H and O–H groups in total. The summed E-state index contributed by atoms with van der Waals surface area (Å²) in [6.45, 7) is 0.632. The summed E-state index contributed by atoms with van der Waals surface area (Å²) < 4.78 is 1.36. The van der Waals surface area contributed by atoms with Gasteiger partial charge in [0.25, 0.3) is 0 Å². The van der Waals surface area contributed by atoms with Gasteiger partial charge in [0.15, 0.2) is 5.65 Å². The number of carbonyl (C=O) groups excluding carboxylic acids is 1. The molecule has 2 aromatic heterocycles. The minimum absolute atomic E-state index is 0.0480. The maximum absolute atomic E-state index is 12.0. The van der Waals surface area contributed by atoms with Crippen molar-refractivity contribution in [1.82, 2.24) is 25.3 Å². The smallest absolute Gasteiger partial charge is 0.232 e. The largest absolute Gasteiger partial charge is 0.369 e. The number of para-hydroxylation sites is 1. The number of nitrogens with one attached hydrogen (secondary N) is 2. The van der Waals surface area contributed by atoms with Crippen molar-refractivity contribution in [3.05, 3.63) is 42.0 Å². The molecule has 0 saturated heterocycles. The number of hydrogen-bond donors (Lipinski definition) is 2. The van der Waals surface area contributed by atoms with Crippen molar-refractivity contribution in [3.8, 4) is 0 Å². The first-order chi connectivity index (χ1) is 10.8. The monoisotopic (exact) mass is 295 g/mol. The Hall–Kier alpha value is -3.03. The molecular weight excluding hydrogens is 282 g/mol. The summed E-state index contributed by atoms with van der Waals surface area (Å²) >= 11 is 0. The summed E-state index contributed by atoms with van der Waals surface area (Å²) in [5, 5.41) is 21.4. The van der Waals surface area contributed by atoms with Crippen LogP contribution in [0.2, 0.25) is 0 Å². The van der Waals surface area contributed by atoms with Gasteiger partial charge in [-0.15, -0.1) is 14.8 Å². The lowest BCUT2D eigenvalue weighted by molar-refractivity contribution is -0.117. The van der Waals surface area contributed by atoms with Gasteiger partial charge in [0.05, 0.1) is 5.92 Å². The van der Waals surface area contributed by atoms with E-state index in [9.17, 15) is 4.79 Å². The molecule has 0 bridgehead atoms. The molecule has 1 aliphatic heterocycles. The summed E-state index contributed by atoms with van der Waals surface area (Å²) in [5.41, 5.74) is 2.55. The molecule has 1 aromatic carbocycles. The second-order valence-electron chi connectivity index (χ2n) is 5.09. The quantitative estimate of drug-likeness (QED) is 0.747. The summed E-state index contributed by atoms with van der Waals surface area (Å²) in [4.78, 5) is 12.0. The highest BCUT2D eigenvalue weighted by Gasteiger charge is 2.29. The van der Waals surface area contributed by atoms with E-state index in [1.54, 1.807) is 6.07 Å². The second-order valence-corrected chi connectivity index (χ2v) is 5.09. The first-order valence-corrected chi connectivity index (χ1v) is 7.00. The van der Waals surface area contributed by atoms with E-state index in [2.05, 4.69) is 31.3 Å². The summed E-state index contributed by atoms with van der Waals surface area (Å²) in [6, 6.07) is 11.4. The van der Waals surface area contributed by atoms with E-state index in [-0.39, 0.29) is 11.8 Å². The number of rotatable bonds is 4. The third-order valence-electron chi connectivity index (χ3n) is 3.72. The van der Waals surface area contributed by atoms with E-state index in [1.165, 1.54) is 4.63 Å². The Morgan fingerprint density at radius 2 is 2.14 bits per heavy atom. The van der Waals surface area contributed by atoms with Crippen LogP contribution in [0.4, 0.5) is 11.5 Å². The molecule has 8 heteroatoms. The Balaban J connectivity index is 1.43. The third-order valence-corrected chi connectivity index (χ3v) is 3.72. The summed E-state index contributed by atoms with van der Waals surface area (Å²) in [5.74, 6) is 0.596. The predicted octanol–water partition coefficient (Wildman–Crippen LogP) is 1.06. The van der Waals surface area contributed by atoms with Crippen LogP contribution in [-0.2, 0) is 4.79 Å². The lowest BCUT2D eigenvalue weighted by atomic mass is 9.97. The molecule has 4 rings (SSSR count). The molecule has 1 unspecified atom stereocenters. The van der Waals surface area contributed by atoms with Crippen molar-refractivity contribution < 1.29 is 4.79 Å². The molecule has 110 valence electrons. The number of anilines is 2. The molecular formula is C14H13N7O. The van der Waals surface area contributed by atoms with Gasteiger partial charge in [-0.2, -0.15) is 0 Å². The van der Waals surface area contributed by atoms with Gasteiger partial charge in [-0.3, -0.25) is 4.79 Å². The highest BCUT2D eigenvalue weighted by atomic mass is 16.2. The van der Waals surface area contributed by atoms with Crippen LogP contribution in [0.5, 0.6) is 0 Å². The van der Waals surface area contributed by atoms with Gasteiger partial charge < -0.3 is 10.6 Å². The SMILES string of the molecule is O=C1Nc2ccccc2C1CCNc1ccc2nnnn2n1. The molecule has 0 radical (unpaired) electrons. The second kappa shape index (κ2) is 5.06. The number of benzene rings is 1. The van der Waals surface area contributed by atoms with Crippen LogP contribution in [0.15, 0.2) is 36.4 Å². The number of hydrogen-bond acceptors (Lipinski definition) is 6. The van der Waals surface area contributed by atoms with Crippen molar-refractivity contribution in [2.24, 2.45) is 0 Å². The van der Waals surface area contributed by atoms with Crippen LogP contribution in [0.1, 0.15) is 17.9 Å². The molecule has 0 fully saturated rings. The normalized spacial score (nSPS) is 16.5. The molecule has 1 aliphatic rings. The zero-order valence-corrected chi connectivity index (χ0v) is 11.6. The first kappa shape index (κ1) is 12.7. The topological polar surface area (TPSA) is 97.1 Å². The maximum atomic E-state index is 12.0. The zero-order chi connectivity index (χ0) is 14.9. The minimum Gasteiger partial charge on any atom is -0.369 e. The van der Waals surface area contributed by atoms with Gasteiger partial charge >= 0.3 is 0 Å². The number of carbonyl (C=O) groups is 1. The molecule has 0 saturated carbocycles. The predicted molar refractivity (Wildman–Crippen MR) is 79.5 cm³/mol. The summed E-state index contributed by atoms with van der Waals surface area (Å²) in [7, 11) is 0. The van der Waals surface area contributed by atoms with E-state index >= 15 is 0 Å². The Bertz CT molecular complexity index is 844. The van der Waals surface area contributed by atoms with Crippen LogP contribution in [0.3, 0.4) is 0 Å². The fourth-order valence-electron chi connectivity index (χ4n) is 2.65. The molecule has 3 aromatic rings. The first-order valence-electron chi connectivity index (χ1n) is 7.00. The molecule has 8 nitrogen and oxygen atoms in total. The third kappa shape index (κ3) is 2.14. The van der Waals surface area contributed by atoms with Gasteiger partial charge in [-0.05, 0) is 40.6 Å². The van der Waals surface area contributed by atoms with Gasteiger partial charge in [-0.1, -0.05) is 18.2 Å². The minimum atomic E-state index is -0.125. The average Bonchev–Trinajstić information content (AvgIpc) is 3.11. The van der Waals surface area contributed by atoms with Crippen LogP contribution in [0.25, 0.3) is 5.65 Å². The molecule has 1 atom stereocenters. The van der Waals surface area contributed by atoms with E-state index in [0.29, 0.717) is 24.4 Å². The average molecular weight is 295 g/mol. The number of tetrazole rings is 1. The Morgan fingerprint density at radius 1 is 1.23 bits per heavy atom. The summed E-state index contributed by atoms with van der Waals surface area (Å²) in [6.07, 6.45) is 0.693. The fourth-order valence-corrected chi connectivity index (χ4v) is 2.65. The van der Waals surface area contributed by atoms with E-state index in [1.807, 2.05) is 30.3 Å². The van der Waals surface area contributed by atoms with Crippen molar-refractivity contribution >= 4 is 23.1 Å². The van der Waals surface area contributed by atoms with Crippen molar-refractivity contribution in [3.63, 3.8) is 0 Å². The lowest BCUT2D eigenvalue weighted by Crippen LogP contribution is -2.16. The standard InChI is InChI=1S/C14H13N7O/c22-14-10(9-3-1-2-4-11(9)16-14)7-8-15-12-5-6-13-17-19-20-21(13)18-12/h1-6,10H,7-8H2,(H,15,18)(H,16,22). The van der Waals surface area contributed by atoms with Gasteiger partial charge in [0.2, 0.25) is 5.91 Å². The number of amides is 1. The van der Waals surface area contributed by atoms with E-state index in [0.717, 1.165) is 11.3 Å². The Kier molecular flexibility index (Phi) is 2.92. The van der Waals surface area contributed by atoms with Crippen LogP contribution < -0.4 is 10.6 Å². The molecule has 0 spiro atoms. The highest BCUT2D eigenvalue weighted by molar-refractivity contribution is 6.02. The van der Waals surface area contributed by atoms with E-state index in [4.69, 9.17) is 0 Å².